The normalized spacial score (nSPS) is 19.2. The maximum Gasteiger partial charge on any atom is 0.240 e. The first-order valence-corrected chi connectivity index (χ1v) is 9.10. The van der Waals surface area contributed by atoms with Gasteiger partial charge in [-0.15, -0.1) is 0 Å². The number of hydrogen-bond donors (Lipinski definition) is 2. The maximum atomic E-state index is 12.4. The molecule has 4 nitrogen and oxygen atoms in total. The number of aliphatic hydroxyl groups is 1. The lowest BCUT2D eigenvalue weighted by Crippen LogP contribution is -2.42. The van der Waals surface area contributed by atoms with Crippen molar-refractivity contribution in [1.29, 1.82) is 0 Å². The summed E-state index contributed by atoms with van der Waals surface area (Å²) in [5.41, 5.74) is 0.867. The Morgan fingerprint density at radius 1 is 1.14 bits per heavy atom. The first-order chi connectivity index (χ1) is 9.82. The summed E-state index contributed by atoms with van der Waals surface area (Å²) in [6.07, 6.45) is 5.49. The molecule has 1 fully saturated rings. The van der Waals surface area contributed by atoms with E-state index in [1.807, 2.05) is 13.0 Å². The lowest BCUT2D eigenvalue weighted by atomic mass is 9.95. The van der Waals surface area contributed by atoms with Gasteiger partial charge in [0.1, 0.15) is 0 Å². The number of rotatable bonds is 4. The third kappa shape index (κ3) is 4.28. The second-order valence-electron chi connectivity index (χ2n) is 6.23. The number of hydrogen-bond acceptors (Lipinski definition) is 3. The van der Waals surface area contributed by atoms with E-state index in [4.69, 9.17) is 0 Å². The van der Waals surface area contributed by atoms with Crippen molar-refractivity contribution in [2.45, 2.75) is 62.9 Å². The van der Waals surface area contributed by atoms with Gasteiger partial charge in [0.05, 0.1) is 10.5 Å². The highest BCUT2D eigenvalue weighted by Crippen LogP contribution is 2.27. The summed E-state index contributed by atoms with van der Waals surface area (Å²) in [7, 11) is -3.57. The van der Waals surface area contributed by atoms with Crippen LogP contribution >= 0.6 is 0 Å². The topological polar surface area (TPSA) is 66.4 Å². The van der Waals surface area contributed by atoms with Crippen molar-refractivity contribution in [3.8, 4) is 0 Å². The van der Waals surface area contributed by atoms with Crippen LogP contribution in [0.5, 0.6) is 0 Å². The molecule has 1 aliphatic carbocycles. The highest BCUT2D eigenvalue weighted by molar-refractivity contribution is 7.89. The Kier molecular flexibility index (Phi) is 5.07. The smallest absolute Gasteiger partial charge is 0.240 e. The largest absolute Gasteiger partial charge is 0.389 e. The van der Waals surface area contributed by atoms with Gasteiger partial charge < -0.3 is 5.11 Å². The molecule has 0 heterocycles. The molecular weight excluding hydrogens is 286 g/mol. The van der Waals surface area contributed by atoms with Crippen molar-refractivity contribution in [2.24, 2.45) is 0 Å². The Labute approximate surface area is 127 Å². The predicted molar refractivity (Wildman–Crippen MR) is 83.8 cm³/mol. The molecule has 118 valence electrons. The van der Waals surface area contributed by atoms with Crippen LogP contribution in [0.25, 0.3) is 0 Å². The van der Waals surface area contributed by atoms with Crippen LogP contribution in [0.15, 0.2) is 23.1 Å². The van der Waals surface area contributed by atoms with Gasteiger partial charge in [0.15, 0.2) is 0 Å². The quantitative estimate of drug-likeness (QED) is 0.840. The van der Waals surface area contributed by atoms with Gasteiger partial charge in [-0.05, 0) is 38.3 Å². The van der Waals surface area contributed by atoms with E-state index in [9.17, 15) is 13.5 Å². The second-order valence-corrected chi connectivity index (χ2v) is 7.97. The fourth-order valence-electron chi connectivity index (χ4n) is 2.97. The van der Waals surface area contributed by atoms with Crippen molar-refractivity contribution in [1.82, 2.24) is 4.72 Å². The van der Waals surface area contributed by atoms with E-state index in [0.29, 0.717) is 17.7 Å². The number of aryl methyl sites for hydroxylation is 2. The van der Waals surface area contributed by atoms with E-state index in [1.54, 1.807) is 19.1 Å². The lowest BCUT2D eigenvalue weighted by molar-refractivity contribution is 0.0303. The van der Waals surface area contributed by atoms with E-state index >= 15 is 0 Å². The number of benzene rings is 1. The second kappa shape index (κ2) is 6.46. The molecule has 0 spiro atoms. The average Bonchev–Trinajstić information content (AvgIpc) is 2.62. The molecule has 1 aromatic carbocycles. The molecule has 0 saturated heterocycles. The molecular formula is C16H25NO3S. The Morgan fingerprint density at radius 3 is 2.33 bits per heavy atom. The minimum absolute atomic E-state index is 0.0999. The molecule has 1 saturated carbocycles. The highest BCUT2D eigenvalue weighted by atomic mass is 32.2. The van der Waals surface area contributed by atoms with Gasteiger partial charge in [0.25, 0.3) is 0 Å². The number of sulfonamides is 1. The van der Waals surface area contributed by atoms with Gasteiger partial charge in [-0.25, -0.2) is 13.1 Å². The van der Waals surface area contributed by atoms with Crippen LogP contribution in [-0.4, -0.2) is 25.7 Å². The molecule has 2 rings (SSSR count). The van der Waals surface area contributed by atoms with Gasteiger partial charge in [0.2, 0.25) is 10.0 Å². The summed E-state index contributed by atoms with van der Waals surface area (Å²) in [5, 5.41) is 10.5. The lowest BCUT2D eigenvalue weighted by Gasteiger charge is -2.26. The van der Waals surface area contributed by atoms with Crippen LogP contribution < -0.4 is 4.72 Å². The molecule has 0 aromatic heterocycles. The fourth-order valence-corrected chi connectivity index (χ4v) is 4.32. The molecule has 0 radical (unpaired) electrons. The SMILES string of the molecule is Cc1ccc(S(=O)(=O)NCC2(O)CCCCCC2)c(C)c1. The van der Waals surface area contributed by atoms with Crippen LogP contribution in [0.1, 0.15) is 49.7 Å². The van der Waals surface area contributed by atoms with Gasteiger partial charge in [-0.2, -0.15) is 0 Å². The summed E-state index contributed by atoms with van der Waals surface area (Å²) in [6, 6.07) is 5.28. The predicted octanol–water partition coefficient (Wildman–Crippen LogP) is 2.67. The van der Waals surface area contributed by atoms with Crippen LogP contribution in [-0.2, 0) is 10.0 Å². The molecule has 0 bridgehead atoms. The minimum atomic E-state index is -3.57. The van der Waals surface area contributed by atoms with Crippen molar-refractivity contribution in [3.63, 3.8) is 0 Å². The molecule has 0 amide bonds. The summed E-state index contributed by atoms with van der Waals surface area (Å²) < 4.78 is 27.4. The Hall–Kier alpha value is -0.910. The van der Waals surface area contributed by atoms with Crippen LogP contribution in [0, 0.1) is 13.8 Å². The Morgan fingerprint density at radius 2 is 1.76 bits per heavy atom. The molecule has 5 heteroatoms. The van der Waals surface area contributed by atoms with Crippen molar-refractivity contribution >= 4 is 10.0 Å². The zero-order chi connectivity index (χ0) is 15.5. The average molecular weight is 311 g/mol. The highest BCUT2D eigenvalue weighted by Gasteiger charge is 2.30. The van der Waals surface area contributed by atoms with Crippen molar-refractivity contribution in [2.75, 3.05) is 6.54 Å². The van der Waals surface area contributed by atoms with E-state index in [2.05, 4.69) is 4.72 Å². The summed E-state index contributed by atoms with van der Waals surface area (Å²) >= 11 is 0. The zero-order valence-corrected chi connectivity index (χ0v) is 13.7. The first kappa shape index (κ1) is 16.5. The van der Waals surface area contributed by atoms with Gasteiger partial charge in [0, 0.05) is 6.54 Å². The van der Waals surface area contributed by atoms with Gasteiger partial charge in [-0.3, -0.25) is 0 Å². The Balaban J connectivity index is 2.10. The third-order valence-corrected chi connectivity index (χ3v) is 5.81. The molecule has 0 aliphatic heterocycles. The van der Waals surface area contributed by atoms with Crippen molar-refractivity contribution < 1.29 is 13.5 Å². The minimum Gasteiger partial charge on any atom is -0.389 e. The van der Waals surface area contributed by atoms with Gasteiger partial charge >= 0.3 is 0 Å². The zero-order valence-electron chi connectivity index (χ0n) is 12.9. The molecule has 0 atom stereocenters. The molecule has 21 heavy (non-hydrogen) atoms. The maximum absolute atomic E-state index is 12.4. The van der Waals surface area contributed by atoms with Crippen LogP contribution in [0.4, 0.5) is 0 Å². The fraction of sp³-hybridized carbons (Fsp3) is 0.625. The van der Waals surface area contributed by atoms with Gasteiger partial charge in [-0.1, -0.05) is 43.4 Å². The summed E-state index contributed by atoms with van der Waals surface area (Å²) in [5.74, 6) is 0. The molecule has 1 aliphatic rings. The van der Waals surface area contributed by atoms with E-state index in [1.165, 1.54) is 0 Å². The molecule has 1 aromatic rings. The third-order valence-electron chi connectivity index (χ3n) is 4.25. The van der Waals surface area contributed by atoms with E-state index in [0.717, 1.165) is 36.8 Å². The molecule has 2 N–H and O–H groups in total. The van der Waals surface area contributed by atoms with Crippen LogP contribution in [0.2, 0.25) is 0 Å². The first-order valence-electron chi connectivity index (χ1n) is 7.62. The standard InChI is InChI=1S/C16H25NO3S/c1-13-7-8-15(14(2)11-13)21(19,20)17-12-16(18)9-5-3-4-6-10-16/h7-8,11,17-18H,3-6,9-10,12H2,1-2H3. The van der Waals surface area contributed by atoms with Crippen molar-refractivity contribution in [3.05, 3.63) is 29.3 Å². The Bertz CT molecular complexity index is 588. The number of nitrogens with one attached hydrogen (secondary N) is 1. The van der Waals surface area contributed by atoms with Crippen LogP contribution in [0.3, 0.4) is 0 Å². The summed E-state index contributed by atoms with van der Waals surface area (Å²) in [6.45, 7) is 3.83. The molecule has 0 unspecified atom stereocenters. The van der Waals surface area contributed by atoms with E-state index < -0.39 is 15.6 Å². The van der Waals surface area contributed by atoms with E-state index in [-0.39, 0.29) is 6.54 Å². The monoisotopic (exact) mass is 311 g/mol. The summed E-state index contributed by atoms with van der Waals surface area (Å²) in [4.78, 5) is 0.297.